The summed E-state index contributed by atoms with van der Waals surface area (Å²) in [6.45, 7) is 7.96. The van der Waals surface area contributed by atoms with Crippen LogP contribution in [0.2, 0.25) is 0 Å². The topological polar surface area (TPSA) is 32.3 Å². The van der Waals surface area contributed by atoms with E-state index >= 15 is 0 Å². The van der Waals surface area contributed by atoms with Crippen molar-refractivity contribution in [2.45, 2.75) is 33.1 Å². The molecule has 0 aromatic carbocycles. The summed E-state index contributed by atoms with van der Waals surface area (Å²) in [6.07, 6.45) is 3.96. The van der Waals surface area contributed by atoms with Crippen molar-refractivity contribution in [3.63, 3.8) is 0 Å². The summed E-state index contributed by atoms with van der Waals surface area (Å²) < 4.78 is 0. The molecule has 0 spiro atoms. The number of rotatable bonds is 4. The Hall–Kier alpha value is -0.570. The smallest absolute Gasteiger partial charge is 0.236 e. The van der Waals surface area contributed by atoms with Gasteiger partial charge in [0, 0.05) is 13.1 Å². The van der Waals surface area contributed by atoms with E-state index in [2.05, 4.69) is 19.2 Å². The van der Waals surface area contributed by atoms with Crippen LogP contribution >= 0.6 is 0 Å². The monoisotopic (exact) mass is 224 g/mol. The molecule has 2 rings (SSSR count). The molecule has 16 heavy (non-hydrogen) atoms. The summed E-state index contributed by atoms with van der Waals surface area (Å²) in [5.41, 5.74) is 0. The van der Waals surface area contributed by atoms with Gasteiger partial charge in [-0.05, 0) is 43.6 Å². The third-order valence-electron chi connectivity index (χ3n) is 3.63. The third kappa shape index (κ3) is 3.48. The molecule has 1 N–H and O–H groups in total. The summed E-state index contributed by atoms with van der Waals surface area (Å²) in [5, 5.41) is 3.28. The molecular formula is C13H24N2O. The van der Waals surface area contributed by atoms with Crippen LogP contribution in [0.1, 0.15) is 33.1 Å². The van der Waals surface area contributed by atoms with Crippen LogP contribution in [0.3, 0.4) is 0 Å². The fraction of sp³-hybridized carbons (Fsp3) is 0.923. The first-order valence-electron chi connectivity index (χ1n) is 6.63. The molecule has 0 radical (unpaired) electrons. The van der Waals surface area contributed by atoms with Crippen molar-refractivity contribution >= 4 is 5.91 Å². The average Bonchev–Trinajstić information content (AvgIpc) is 3.00. The standard InChI is InChI=1S/C13H24N2O/c1-10-5-11(2)9-15(8-10)13(16)7-14-6-12-3-4-12/h10-12,14H,3-9H2,1-2H3. The van der Waals surface area contributed by atoms with Gasteiger partial charge < -0.3 is 10.2 Å². The first kappa shape index (κ1) is 11.9. The van der Waals surface area contributed by atoms with Gasteiger partial charge >= 0.3 is 0 Å². The Morgan fingerprint density at radius 1 is 1.25 bits per heavy atom. The largest absolute Gasteiger partial charge is 0.341 e. The Balaban J connectivity index is 1.69. The molecule has 1 saturated carbocycles. The quantitative estimate of drug-likeness (QED) is 0.784. The minimum atomic E-state index is 0.291. The number of hydrogen-bond donors (Lipinski definition) is 1. The van der Waals surface area contributed by atoms with Crippen molar-refractivity contribution in [1.82, 2.24) is 10.2 Å². The van der Waals surface area contributed by atoms with Gasteiger partial charge in [0.25, 0.3) is 0 Å². The predicted octanol–water partition coefficient (Wildman–Crippen LogP) is 1.49. The molecule has 1 aliphatic heterocycles. The van der Waals surface area contributed by atoms with Crippen molar-refractivity contribution in [2.75, 3.05) is 26.2 Å². The Bertz CT molecular complexity index is 240. The number of hydrogen-bond acceptors (Lipinski definition) is 2. The molecule has 0 aromatic rings. The van der Waals surface area contributed by atoms with Gasteiger partial charge in [-0.2, -0.15) is 0 Å². The first-order chi connectivity index (χ1) is 7.65. The maximum absolute atomic E-state index is 12.0. The number of carbonyl (C=O) groups is 1. The zero-order chi connectivity index (χ0) is 11.5. The number of piperidine rings is 1. The summed E-state index contributed by atoms with van der Waals surface area (Å²) in [6, 6.07) is 0. The van der Waals surface area contributed by atoms with Gasteiger partial charge in [0.15, 0.2) is 0 Å². The molecule has 3 heteroatoms. The summed E-state index contributed by atoms with van der Waals surface area (Å²) in [5.74, 6) is 2.47. The van der Waals surface area contributed by atoms with E-state index in [0.717, 1.165) is 25.6 Å². The van der Waals surface area contributed by atoms with Crippen molar-refractivity contribution in [1.29, 1.82) is 0 Å². The second-order valence-corrected chi connectivity index (χ2v) is 5.82. The highest BCUT2D eigenvalue weighted by Crippen LogP contribution is 2.27. The van der Waals surface area contributed by atoms with E-state index in [1.807, 2.05) is 4.90 Å². The fourth-order valence-corrected chi connectivity index (χ4v) is 2.68. The van der Waals surface area contributed by atoms with Crippen LogP contribution in [0.15, 0.2) is 0 Å². The second kappa shape index (κ2) is 5.17. The van der Waals surface area contributed by atoms with Crippen LogP contribution in [0.25, 0.3) is 0 Å². The zero-order valence-electron chi connectivity index (χ0n) is 10.5. The van der Waals surface area contributed by atoms with E-state index in [-0.39, 0.29) is 0 Å². The minimum absolute atomic E-state index is 0.291. The molecule has 92 valence electrons. The molecular weight excluding hydrogens is 200 g/mol. The van der Waals surface area contributed by atoms with Crippen LogP contribution in [-0.2, 0) is 4.79 Å². The second-order valence-electron chi connectivity index (χ2n) is 5.82. The van der Waals surface area contributed by atoms with E-state index in [0.29, 0.717) is 24.3 Å². The van der Waals surface area contributed by atoms with Crippen LogP contribution in [0.5, 0.6) is 0 Å². The van der Waals surface area contributed by atoms with E-state index in [4.69, 9.17) is 0 Å². The zero-order valence-corrected chi connectivity index (χ0v) is 10.5. The number of amides is 1. The predicted molar refractivity (Wildman–Crippen MR) is 65.1 cm³/mol. The summed E-state index contributed by atoms with van der Waals surface area (Å²) >= 11 is 0. The van der Waals surface area contributed by atoms with Crippen molar-refractivity contribution in [3.8, 4) is 0 Å². The lowest BCUT2D eigenvalue weighted by Gasteiger charge is -2.35. The molecule has 1 saturated heterocycles. The normalized spacial score (nSPS) is 30.5. The lowest BCUT2D eigenvalue weighted by atomic mass is 9.92. The van der Waals surface area contributed by atoms with Gasteiger partial charge in [-0.1, -0.05) is 13.8 Å². The molecule has 1 heterocycles. The van der Waals surface area contributed by atoms with E-state index in [1.54, 1.807) is 0 Å². The van der Waals surface area contributed by atoms with Gasteiger partial charge in [0.2, 0.25) is 5.91 Å². The van der Waals surface area contributed by atoms with Crippen LogP contribution in [-0.4, -0.2) is 37.0 Å². The van der Waals surface area contributed by atoms with Gasteiger partial charge in [0.05, 0.1) is 6.54 Å². The van der Waals surface area contributed by atoms with Gasteiger partial charge in [-0.3, -0.25) is 4.79 Å². The van der Waals surface area contributed by atoms with Gasteiger partial charge in [-0.15, -0.1) is 0 Å². The molecule has 1 aliphatic carbocycles. The van der Waals surface area contributed by atoms with Crippen molar-refractivity contribution in [3.05, 3.63) is 0 Å². The lowest BCUT2D eigenvalue weighted by Crippen LogP contribution is -2.46. The number of nitrogens with zero attached hydrogens (tertiary/aromatic N) is 1. The fourth-order valence-electron chi connectivity index (χ4n) is 2.68. The van der Waals surface area contributed by atoms with E-state index in [1.165, 1.54) is 19.3 Å². The summed E-state index contributed by atoms with van der Waals surface area (Å²) in [7, 11) is 0. The Morgan fingerprint density at radius 2 is 1.88 bits per heavy atom. The number of carbonyl (C=O) groups excluding carboxylic acids is 1. The van der Waals surface area contributed by atoms with Crippen molar-refractivity contribution in [2.24, 2.45) is 17.8 Å². The van der Waals surface area contributed by atoms with Gasteiger partial charge in [-0.25, -0.2) is 0 Å². The van der Waals surface area contributed by atoms with Crippen molar-refractivity contribution < 1.29 is 4.79 Å². The highest BCUT2D eigenvalue weighted by molar-refractivity contribution is 5.78. The van der Waals surface area contributed by atoms with E-state index in [9.17, 15) is 4.79 Å². The lowest BCUT2D eigenvalue weighted by molar-refractivity contribution is -0.132. The minimum Gasteiger partial charge on any atom is -0.341 e. The molecule has 2 aliphatic rings. The van der Waals surface area contributed by atoms with Gasteiger partial charge in [0.1, 0.15) is 0 Å². The maximum Gasteiger partial charge on any atom is 0.236 e. The Kier molecular flexibility index (Phi) is 3.85. The highest BCUT2D eigenvalue weighted by atomic mass is 16.2. The molecule has 2 atom stereocenters. The van der Waals surface area contributed by atoms with Crippen LogP contribution in [0.4, 0.5) is 0 Å². The number of nitrogens with one attached hydrogen (secondary N) is 1. The molecule has 3 nitrogen and oxygen atoms in total. The molecule has 2 unspecified atom stereocenters. The van der Waals surface area contributed by atoms with Crippen LogP contribution < -0.4 is 5.32 Å². The maximum atomic E-state index is 12.0. The number of likely N-dealkylation sites (tertiary alicyclic amines) is 1. The van der Waals surface area contributed by atoms with E-state index < -0.39 is 0 Å². The molecule has 0 aromatic heterocycles. The summed E-state index contributed by atoms with van der Waals surface area (Å²) in [4.78, 5) is 14.0. The molecule has 2 fully saturated rings. The molecule has 0 bridgehead atoms. The molecule has 1 amide bonds. The Morgan fingerprint density at radius 3 is 2.44 bits per heavy atom. The third-order valence-corrected chi connectivity index (χ3v) is 3.63. The van der Waals surface area contributed by atoms with Crippen LogP contribution in [0, 0.1) is 17.8 Å². The Labute approximate surface area is 98.6 Å². The first-order valence-corrected chi connectivity index (χ1v) is 6.63. The highest BCUT2D eigenvalue weighted by Gasteiger charge is 2.25. The average molecular weight is 224 g/mol. The SMILES string of the molecule is CC1CC(C)CN(C(=O)CNCC2CC2)C1.